The molecule has 0 aliphatic rings. The lowest BCUT2D eigenvalue weighted by Gasteiger charge is -2.10. The first kappa shape index (κ1) is 17.2. The molecule has 0 spiro atoms. The van der Waals surface area contributed by atoms with Crippen molar-refractivity contribution in [1.82, 2.24) is 10.1 Å². The number of carbonyl (C=O) groups is 1. The van der Waals surface area contributed by atoms with E-state index in [-0.39, 0.29) is 24.4 Å². The van der Waals surface area contributed by atoms with Crippen LogP contribution in [0.25, 0.3) is 11.4 Å². The van der Waals surface area contributed by atoms with Gasteiger partial charge < -0.3 is 9.26 Å². The van der Waals surface area contributed by atoms with Crippen LogP contribution in [0.5, 0.6) is 0 Å². The quantitative estimate of drug-likeness (QED) is 0.602. The van der Waals surface area contributed by atoms with E-state index in [9.17, 15) is 4.79 Å². The van der Waals surface area contributed by atoms with Gasteiger partial charge in [-0.05, 0) is 35.7 Å². The Morgan fingerprint density at radius 1 is 1.16 bits per heavy atom. The summed E-state index contributed by atoms with van der Waals surface area (Å²) in [7, 11) is 0. The van der Waals surface area contributed by atoms with E-state index in [1.54, 1.807) is 24.3 Å². The maximum Gasteiger partial charge on any atom is 0.306 e. The van der Waals surface area contributed by atoms with Crippen LogP contribution in [0.15, 0.2) is 59.1 Å². The van der Waals surface area contributed by atoms with Crippen molar-refractivity contribution in [3.05, 3.63) is 71.1 Å². The van der Waals surface area contributed by atoms with Gasteiger partial charge in [0.15, 0.2) is 6.61 Å². The molecular weight excluding hydrogens is 340 g/mol. The molecule has 0 unspecified atom stereocenters. The van der Waals surface area contributed by atoms with Gasteiger partial charge in [-0.1, -0.05) is 54.0 Å². The Morgan fingerprint density at radius 2 is 1.88 bits per heavy atom. The molecule has 0 aliphatic carbocycles. The first-order valence-electron chi connectivity index (χ1n) is 7.91. The Balaban J connectivity index is 1.53. The fraction of sp³-hybridized carbons (Fsp3) is 0.211. The predicted octanol–water partition coefficient (Wildman–Crippen LogP) is 4.63. The lowest BCUT2D eigenvalue weighted by molar-refractivity contribution is -0.146. The van der Waals surface area contributed by atoms with Crippen LogP contribution >= 0.6 is 11.6 Å². The average Bonchev–Trinajstić information content (AvgIpc) is 3.10. The molecule has 25 heavy (non-hydrogen) atoms. The van der Waals surface area contributed by atoms with Gasteiger partial charge in [-0.15, -0.1) is 0 Å². The van der Waals surface area contributed by atoms with E-state index in [0.29, 0.717) is 17.3 Å². The summed E-state index contributed by atoms with van der Waals surface area (Å²) < 4.78 is 10.4. The topological polar surface area (TPSA) is 65.2 Å². The molecule has 1 atom stereocenters. The Bertz CT molecular complexity index is 831. The smallest absolute Gasteiger partial charge is 0.306 e. The molecule has 0 fully saturated rings. The number of hydrogen-bond acceptors (Lipinski definition) is 5. The number of hydrogen-bond donors (Lipinski definition) is 0. The minimum Gasteiger partial charge on any atom is -0.456 e. The maximum atomic E-state index is 12.0. The Morgan fingerprint density at radius 3 is 2.60 bits per heavy atom. The van der Waals surface area contributed by atoms with Crippen LogP contribution in [0.1, 0.15) is 30.7 Å². The highest BCUT2D eigenvalue weighted by atomic mass is 35.5. The third kappa shape index (κ3) is 4.67. The van der Waals surface area contributed by atoms with Crippen molar-refractivity contribution in [2.24, 2.45) is 0 Å². The summed E-state index contributed by atoms with van der Waals surface area (Å²) in [5.74, 6) is 0.467. The molecule has 5 nitrogen and oxygen atoms in total. The zero-order chi connectivity index (χ0) is 17.6. The number of rotatable bonds is 6. The van der Waals surface area contributed by atoms with E-state index >= 15 is 0 Å². The van der Waals surface area contributed by atoms with Gasteiger partial charge in [-0.25, -0.2) is 0 Å². The van der Waals surface area contributed by atoms with Crippen LogP contribution in [-0.4, -0.2) is 16.1 Å². The molecule has 128 valence electrons. The predicted molar refractivity (Wildman–Crippen MR) is 94.0 cm³/mol. The Kier molecular flexibility index (Phi) is 5.46. The fourth-order valence-corrected chi connectivity index (χ4v) is 2.51. The van der Waals surface area contributed by atoms with Gasteiger partial charge in [0, 0.05) is 10.6 Å². The van der Waals surface area contributed by atoms with Gasteiger partial charge in [0.25, 0.3) is 5.89 Å². The SMILES string of the molecule is C[C@@H](CC(=O)OCc1nc(-c2ccc(Cl)cc2)no1)c1ccccc1. The summed E-state index contributed by atoms with van der Waals surface area (Å²) in [4.78, 5) is 16.2. The molecule has 0 amide bonds. The summed E-state index contributed by atoms with van der Waals surface area (Å²) in [6.45, 7) is 1.95. The summed E-state index contributed by atoms with van der Waals surface area (Å²) in [6, 6.07) is 16.9. The Labute approximate surface area is 150 Å². The van der Waals surface area contributed by atoms with E-state index in [2.05, 4.69) is 10.1 Å². The standard InChI is InChI=1S/C19H17ClN2O3/c1-13(14-5-3-2-4-6-14)11-18(23)24-12-17-21-19(22-25-17)15-7-9-16(20)10-8-15/h2-10,13H,11-12H2,1H3/t13-/m0/s1. The van der Waals surface area contributed by atoms with E-state index in [4.69, 9.17) is 20.9 Å². The maximum absolute atomic E-state index is 12.0. The van der Waals surface area contributed by atoms with Crippen LogP contribution in [0.4, 0.5) is 0 Å². The highest BCUT2D eigenvalue weighted by Crippen LogP contribution is 2.20. The average molecular weight is 357 g/mol. The lowest BCUT2D eigenvalue weighted by atomic mass is 9.98. The van der Waals surface area contributed by atoms with Gasteiger partial charge in [0.05, 0.1) is 6.42 Å². The monoisotopic (exact) mass is 356 g/mol. The van der Waals surface area contributed by atoms with Crippen LogP contribution in [-0.2, 0) is 16.1 Å². The van der Waals surface area contributed by atoms with Gasteiger partial charge in [-0.3, -0.25) is 4.79 Å². The molecule has 1 aromatic heterocycles. The molecule has 3 aromatic rings. The zero-order valence-electron chi connectivity index (χ0n) is 13.7. The molecule has 0 N–H and O–H groups in total. The molecule has 0 saturated carbocycles. The van der Waals surface area contributed by atoms with Crippen LogP contribution in [0.2, 0.25) is 5.02 Å². The van der Waals surface area contributed by atoms with Crippen LogP contribution < -0.4 is 0 Å². The highest BCUT2D eigenvalue weighted by Gasteiger charge is 2.14. The molecule has 0 bridgehead atoms. The third-order valence-electron chi connectivity index (χ3n) is 3.77. The second kappa shape index (κ2) is 7.94. The van der Waals surface area contributed by atoms with Crippen molar-refractivity contribution >= 4 is 17.6 Å². The van der Waals surface area contributed by atoms with Gasteiger partial charge in [-0.2, -0.15) is 4.98 Å². The number of halogens is 1. The first-order valence-corrected chi connectivity index (χ1v) is 8.28. The van der Waals surface area contributed by atoms with Crippen molar-refractivity contribution in [1.29, 1.82) is 0 Å². The number of esters is 1. The lowest BCUT2D eigenvalue weighted by Crippen LogP contribution is -2.08. The van der Waals surface area contributed by atoms with Crippen LogP contribution in [0, 0.1) is 0 Å². The Hall–Kier alpha value is -2.66. The number of nitrogens with zero attached hydrogens (tertiary/aromatic N) is 2. The molecule has 6 heteroatoms. The van der Waals surface area contributed by atoms with Crippen LogP contribution in [0.3, 0.4) is 0 Å². The summed E-state index contributed by atoms with van der Waals surface area (Å²) in [5.41, 5.74) is 1.88. The fourth-order valence-electron chi connectivity index (χ4n) is 2.38. The number of aromatic nitrogens is 2. The molecule has 3 rings (SSSR count). The molecule has 0 saturated heterocycles. The minimum absolute atomic E-state index is 0.0407. The first-order chi connectivity index (χ1) is 12.1. The molecule has 0 aliphatic heterocycles. The summed E-state index contributed by atoms with van der Waals surface area (Å²) >= 11 is 5.85. The number of carbonyl (C=O) groups excluding carboxylic acids is 1. The molecule has 0 radical (unpaired) electrons. The normalized spacial score (nSPS) is 11.9. The van der Waals surface area contributed by atoms with Gasteiger partial charge in [0.2, 0.25) is 5.82 Å². The van der Waals surface area contributed by atoms with Crippen molar-refractivity contribution in [2.45, 2.75) is 25.9 Å². The number of benzene rings is 2. The van der Waals surface area contributed by atoms with E-state index in [1.807, 2.05) is 37.3 Å². The minimum atomic E-state index is -0.303. The third-order valence-corrected chi connectivity index (χ3v) is 4.02. The molecule has 2 aromatic carbocycles. The summed E-state index contributed by atoms with van der Waals surface area (Å²) in [6.07, 6.45) is 0.294. The molecule has 1 heterocycles. The van der Waals surface area contributed by atoms with E-state index in [1.165, 1.54) is 0 Å². The highest BCUT2D eigenvalue weighted by molar-refractivity contribution is 6.30. The van der Waals surface area contributed by atoms with Crippen molar-refractivity contribution in [2.75, 3.05) is 0 Å². The molecular formula is C19H17ClN2O3. The largest absolute Gasteiger partial charge is 0.456 e. The second-order valence-corrected chi connectivity index (χ2v) is 6.13. The van der Waals surface area contributed by atoms with Gasteiger partial charge >= 0.3 is 5.97 Å². The van der Waals surface area contributed by atoms with E-state index < -0.39 is 0 Å². The van der Waals surface area contributed by atoms with E-state index in [0.717, 1.165) is 11.1 Å². The van der Waals surface area contributed by atoms with Crippen molar-refractivity contribution in [3.8, 4) is 11.4 Å². The number of ether oxygens (including phenoxy) is 1. The zero-order valence-corrected chi connectivity index (χ0v) is 14.4. The summed E-state index contributed by atoms with van der Waals surface area (Å²) in [5, 5.41) is 4.52. The second-order valence-electron chi connectivity index (χ2n) is 5.70. The van der Waals surface area contributed by atoms with Crippen molar-refractivity contribution in [3.63, 3.8) is 0 Å². The van der Waals surface area contributed by atoms with Crippen molar-refractivity contribution < 1.29 is 14.1 Å². The van der Waals surface area contributed by atoms with Gasteiger partial charge in [0.1, 0.15) is 0 Å².